The van der Waals surface area contributed by atoms with Crippen LogP contribution in [0.25, 0.3) is 10.8 Å². The van der Waals surface area contributed by atoms with E-state index in [1.54, 1.807) is 29.7 Å². The predicted octanol–water partition coefficient (Wildman–Crippen LogP) is 2.32. The van der Waals surface area contributed by atoms with E-state index >= 15 is 0 Å². The number of carbonyl (C=O) groups excluding carboxylic acids is 1. The summed E-state index contributed by atoms with van der Waals surface area (Å²) in [6.45, 7) is 1.18. The third kappa shape index (κ3) is 2.78. The molecule has 1 unspecified atom stereocenters. The Labute approximate surface area is 139 Å². The van der Waals surface area contributed by atoms with Gasteiger partial charge in [-0.05, 0) is 11.5 Å². The summed E-state index contributed by atoms with van der Waals surface area (Å²) < 4.78 is 5.79. The van der Waals surface area contributed by atoms with Crippen LogP contribution in [-0.4, -0.2) is 45.0 Å². The van der Waals surface area contributed by atoms with E-state index in [0.29, 0.717) is 24.7 Å². The minimum atomic E-state index is -0.0689. The summed E-state index contributed by atoms with van der Waals surface area (Å²) in [6.07, 6.45) is 7.15. The van der Waals surface area contributed by atoms with Gasteiger partial charge in [0.2, 0.25) is 5.88 Å². The van der Waals surface area contributed by atoms with Crippen molar-refractivity contribution in [1.29, 1.82) is 0 Å². The first-order valence-corrected chi connectivity index (χ1v) is 7.87. The van der Waals surface area contributed by atoms with Gasteiger partial charge in [-0.15, -0.1) is 0 Å². The van der Waals surface area contributed by atoms with Gasteiger partial charge in [0.25, 0.3) is 5.91 Å². The van der Waals surface area contributed by atoms with Gasteiger partial charge in [-0.2, -0.15) is 0 Å². The minimum Gasteiger partial charge on any atom is -0.471 e. The molecule has 0 N–H and O–H groups in total. The van der Waals surface area contributed by atoms with Crippen molar-refractivity contribution in [3.05, 3.63) is 60.8 Å². The van der Waals surface area contributed by atoms with Crippen molar-refractivity contribution in [2.45, 2.75) is 12.5 Å². The fourth-order valence-corrected chi connectivity index (χ4v) is 2.97. The van der Waals surface area contributed by atoms with E-state index in [4.69, 9.17) is 4.74 Å². The van der Waals surface area contributed by atoms with Crippen LogP contribution in [0.1, 0.15) is 16.9 Å². The fourth-order valence-electron chi connectivity index (χ4n) is 2.97. The number of hydrogen-bond acceptors (Lipinski definition) is 5. The smallest absolute Gasteiger partial charge is 0.273 e. The zero-order chi connectivity index (χ0) is 16.4. The lowest BCUT2D eigenvalue weighted by Crippen LogP contribution is -2.31. The molecule has 1 aliphatic rings. The van der Waals surface area contributed by atoms with Gasteiger partial charge in [0.15, 0.2) is 0 Å². The summed E-state index contributed by atoms with van der Waals surface area (Å²) in [5.41, 5.74) is 0.494. The highest BCUT2D eigenvalue weighted by molar-refractivity contribution is 6.05. The van der Waals surface area contributed by atoms with Crippen LogP contribution in [0.4, 0.5) is 0 Å². The number of nitrogens with zero attached hydrogens (tertiary/aromatic N) is 4. The number of benzene rings is 1. The van der Waals surface area contributed by atoms with Gasteiger partial charge in [0.1, 0.15) is 11.8 Å². The van der Waals surface area contributed by atoms with Gasteiger partial charge < -0.3 is 9.64 Å². The monoisotopic (exact) mass is 320 g/mol. The van der Waals surface area contributed by atoms with E-state index in [-0.39, 0.29) is 12.0 Å². The molecule has 1 saturated heterocycles. The van der Waals surface area contributed by atoms with Gasteiger partial charge in [-0.3, -0.25) is 14.8 Å². The number of amides is 1. The highest BCUT2D eigenvalue weighted by Crippen LogP contribution is 2.21. The number of ether oxygens (including phenoxy) is 1. The third-order valence-electron chi connectivity index (χ3n) is 4.14. The topological polar surface area (TPSA) is 68.2 Å². The molecule has 4 rings (SSSR count). The molecule has 0 bridgehead atoms. The maximum Gasteiger partial charge on any atom is 0.273 e. The molecule has 0 aliphatic carbocycles. The summed E-state index contributed by atoms with van der Waals surface area (Å²) in [7, 11) is 0. The van der Waals surface area contributed by atoms with Gasteiger partial charge in [-0.25, -0.2) is 4.98 Å². The van der Waals surface area contributed by atoms with Crippen LogP contribution in [0.15, 0.2) is 55.1 Å². The summed E-state index contributed by atoms with van der Waals surface area (Å²) in [4.78, 5) is 27.0. The van der Waals surface area contributed by atoms with Crippen LogP contribution in [0.3, 0.4) is 0 Å². The normalized spacial score (nSPS) is 17.2. The summed E-state index contributed by atoms with van der Waals surface area (Å²) in [6, 6.07) is 9.70. The maximum atomic E-state index is 12.8. The molecule has 1 fully saturated rings. The molecule has 120 valence electrons. The van der Waals surface area contributed by atoms with Gasteiger partial charge in [0.05, 0.1) is 12.7 Å². The van der Waals surface area contributed by atoms with Crippen LogP contribution in [0.2, 0.25) is 0 Å². The molecule has 3 aromatic rings. The van der Waals surface area contributed by atoms with Crippen molar-refractivity contribution in [2.24, 2.45) is 0 Å². The molecule has 1 aromatic carbocycles. The van der Waals surface area contributed by atoms with E-state index in [1.807, 2.05) is 30.3 Å². The number of rotatable bonds is 3. The first-order chi connectivity index (χ1) is 11.8. The van der Waals surface area contributed by atoms with Crippen LogP contribution in [0.5, 0.6) is 5.88 Å². The molecule has 0 saturated carbocycles. The molecule has 0 spiro atoms. The molecule has 24 heavy (non-hydrogen) atoms. The van der Waals surface area contributed by atoms with Crippen molar-refractivity contribution >= 4 is 16.7 Å². The zero-order valence-electron chi connectivity index (χ0n) is 13.0. The SMILES string of the molecule is O=C(c1nccc2ccccc12)N1CCC(Oc2cnccn2)C1. The van der Waals surface area contributed by atoms with Crippen LogP contribution < -0.4 is 4.74 Å². The van der Waals surface area contributed by atoms with Crippen molar-refractivity contribution in [3.63, 3.8) is 0 Å². The van der Waals surface area contributed by atoms with Crippen molar-refractivity contribution in [1.82, 2.24) is 19.9 Å². The Morgan fingerprint density at radius 1 is 1.12 bits per heavy atom. The molecular formula is C18H16N4O2. The Morgan fingerprint density at radius 3 is 2.92 bits per heavy atom. The van der Waals surface area contributed by atoms with Crippen LogP contribution in [0, 0.1) is 0 Å². The van der Waals surface area contributed by atoms with Crippen molar-refractivity contribution in [2.75, 3.05) is 13.1 Å². The summed E-state index contributed by atoms with van der Waals surface area (Å²) in [5.74, 6) is 0.428. The molecular weight excluding hydrogens is 304 g/mol. The molecule has 0 radical (unpaired) electrons. The number of likely N-dealkylation sites (tertiary alicyclic amines) is 1. The molecule has 2 aromatic heterocycles. The van der Waals surface area contributed by atoms with E-state index in [1.165, 1.54) is 0 Å². The highest BCUT2D eigenvalue weighted by atomic mass is 16.5. The Hall–Kier alpha value is -3.02. The summed E-state index contributed by atoms with van der Waals surface area (Å²) >= 11 is 0. The Balaban J connectivity index is 1.51. The highest BCUT2D eigenvalue weighted by Gasteiger charge is 2.29. The molecule has 1 amide bonds. The van der Waals surface area contributed by atoms with Crippen molar-refractivity contribution < 1.29 is 9.53 Å². The maximum absolute atomic E-state index is 12.8. The quantitative estimate of drug-likeness (QED) is 0.741. The Morgan fingerprint density at radius 2 is 2.04 bits per heavy atom. The third-order valence-corrected chi connectivity index (χ3v) is 4.14. The van der Waals surface area contributed by atoms with E-state index in [9.17, 15) is 4.79 Å². The van der Waals surface area contributed by atoms with E-state index in [2.05, 4.69) is 15.0 Å². The molecule has 3 heterocycles. The second-order valence-electron chi connectivity index (χ2n) is 5.70. The molecule has 1 atom stereocenters. The lowest BCUT2D eigenvalue weighted by atomic mass is 10.1. The molecule has 6 heteroatoms. The number of hydrogen-bond donors (Lipinski definition) is 0. The van der Waals surface area contributed by atoms with Crippen LogP contribution in [-0.2, 0) is 0 Å². The van der Waals surface area contributed by atoms with E-state index < -0.39 is 0 Å². The summed E-state index contributed by atoms with van der Waals surface area (Å²) in [5, 5.41) is 1.89. The lowest BCUT2D eigenvalue weighted by Gasteiger charge is -2.17. The first-order valence-electron chi connectivity index (χ1n) is 7.87. The second-order valence-corrected chi connectivity index (χ2v) is 5.70. The van der Waals surface area contributed by atoms with Crippen LogP contribution >= 0.6 is 0 Å². The molecule has 1 aliphatic heterocycles. The van der Waals surface area contributed by atoms with Gasteiger partial charge in [-0.1, -0.05) is 24.3 Å². The largest absolute Gasteiger partial charge is 0.471 e. The lowest BCUT2D eigenvalue weighted by molar-refractivity contribution is 0.0767. The van der Waals surface area contributed by atoms with Crippen molar-refractivity contribution in [3.8, 4) is 5.88 Å². The Kier molecular flexibility index (Phi) is 3.78. The average Bonchev–Trinajstić information content (AvgIpc) is 3.10. The second kappa shape index (κ2) is 6.23. The van der Waals surface area contributed by atoms with Gasteiger partial charge in [0, 0.05) is 36.9 Å². The van der Waals surface area contributed by atoms with Gasteiger partial charge >= 0.3 is 0 Å². The number of pyridine rings is 1. The Bertz CT molecular complexity index is 864. The zero-order valence-corrected chi connectivity index (χ0v) is 13.0. The average molecular weight is 320 g/mol. The number of aromatic nitrogens is 3. The first kappa shape index (κ1) is 14.6. The predicted molar refractivity (Wildman–Crippen MR) is 88.7 cm³/mol. The van der Waals surface area contributed by atoms with E-state index in [0.717, 1.165) is 17.2 Å². The molecule has 6 nitrogen and oxygen atoms in total. The number of carbonyl (C=O) groups is 1. The number of fused-ring (bicyclic) bond motifs is 1. The minimum absolute atomic E-state index is 0.0583. The fraction of sp³-hybridized carbons (Fsp3) is 0.222. The standard InChI is InChI=1S/C18H16N4O2/c23-18(17-15-4-2-1-3-13(15)5-7-21-17)22-10-6-14(12-22)24-16-11-19-8-9-20-16/h1-5,7-9,11,14H,6,10,12H2.